The van der Waals surface area contributed by atoms with Crippen molar-refractivity contribution in [3.8, 4) is 0 Å². The lowest BCUT2D eigenvalue weighted by atomic mass is 9.89. The number of piperidine rings is 1. The smallest absolute Gasteiger partial charge is 0.120 e. The van der Waals surface area contributed by atoms with Crippen molar-refractivity contribution >= 4 is 0 Å². The minimum atomic E-state index is 0.317. The van der Waals surface area contributed by atoms with Crippen LogP contribution in [-0.2, 0) is 0 Å². The predicted octanol–water partition coefficient (Wildman–Crippen LogP) is 2.80. The van der Waals surface area contributed by atoms with E-state index in [9.17, 15) is 0 Å². The molecule has 0 spiro atoms. The predicted molar refractivity (Wildman–Crippen MR) is 70.0 cm³/mol. The van der Waals surface area contributed by atoms with Crippen LogP contribution in [0.15, 0.2) is 22.8 Å². The molecule has 0 bridgehead atoms. The van der Waals surface area contributed by atoms with Crippen LogP contribution in [0.2, 0.25) is 0 Å². The molecule has 0 amide bonds. The highest BCUT2D eigenvalue weighted by Crippen LogP contribution is 2.30. The number of hydrogen-bond donors (Lipinski definition) is 1. The van der Waals surface area contributed by atoms with E-state index in [0.717, 1.165) is 25.3 Å². The Bertz CT molecular complexity index is 326. The van der Waals surface area contributed by atoms with Gasteiger partial charge in [0.15, 0.2) is 0 Å². The number of rotatable bonds is 4. The Hall–Kier alpha value is -0.800. The molecule has 0 radical (unpaired) electrons. The van der Waals surface area contributed by atoms with Gasteiger partial charge in [-0.25, -0.2) is 0 Å². The molecule has 1 atom stereocenters. The quantitative estimate of drug-likeness (QED) is 0.871. The first-order valence-electron chi connectivity index (χ1n) is 6.65. The molecule has 1 aromatic heterocycles. The molecule has 1 aliphatic heterocycles. The van der Waals surface area contributed by atoms with Crippen LogP contribution in [0.4, 0.5) is 0 Å². The molecule has 1 N–H and O–H groups in total. The molecular formula is C14H24N2O. The van der Waals surface area contributed by atoms with E-state index < -0.39 is 0 Å². The van der Waals surface area contributed by atoms with Gasteiger partial charge in [0.1, 0.15) is 5.76 Å². The Balaban J connectivity index is 2.00. The molecule has 1 aromatic rings. The SMILES string of the molecule is CCC(c1ccco1)N1CCC(C)(NC)CC1. The van der Waals surface area contributed by atoms with Crippen molar-refractivity contribution < 1.29 is 4.42 Å². The normalized spacial score (nSPS) is 22.5. The highest BCUT2D eigenvalue weighted by Gasteiger charge is 2.32. The Kier molecular flexibility index (Phi) is 3.89. The summed E-state index contributed by atoms with van der Waals surface area (Å²) in [5, 5.41) is 3.44. The molecule has 2 rings (SSSR count). The van der Waals surface area contributed by atoms with Crippen LogP contribution in [0.5, 0.6) is 0 Å². The summed E-state index contributed by atoms with van der Waals surface area (Å²) in [5.74, 6) is 1.11. The molecule has 1 unspecified atom stereocenters. The third kappa shape index (κ3) is 2.72. The molecule has 17 heavy (non-hydrogen) atoms. The average Bonchev–Trinajstić information content (AvgIpc) is 2.87. The molecule has 3 heteroatoms. The first-order chi connectivity index (χ1) is 8.18. The second kappa shape index (κ2) is 5.23. The van der Waals surface area contributed by atoms with Crippen molar-refractivity contribution in [3.63, 3.8) is 0 Å². The molecule has 0 aliphatic carbocycles. The van der Waals surface area contributed by atoms with Gasteiger partial charge in [-0.1, -0.05) is 6.92 Å². The van der Waals surface area contributed by atoms with E-state index in [-0.39, 0.29) is 0 Å². The maximum Gasteiger partial charge on any atom is 0.120 e. The summed E-state index contributed by atoms with van der Waals surface area (Å²) in [5.41, 5.74) is 0.317. The second-order valence-electron chi connectivity index (χ2n) is 5.29. The molecule has 2 heterocycles. The summed E-state index contributed by atoms with van der Waals surface area (Å²) >= 11 is 0. The number of hydrogen-bond acceptors (Lipinski definition) is 3. The maximum atomic E-state index is 5.56. The van der Waals surface area contributed by atoms with Crippen molar-refractivity contribution in [1.82, 2.24) is 10.2 Å². The zero-order valence-electron chi connectivity index (χ0n) is 11.2. The molecule has 96 valence electrons. The number of furan rings is 1. The average molecular weight is 236 g/mol. The van der Waals surface area contributed by atoms with Gasteiger partial charge in [-0.05, 0) is 45.4 Å². The lowest BCUT2D eigenvalue weighted by molar-refractivity contribution is 0.0963. The molecule has 0 aromatic carbocycles. The third-order valence-corrected chi connectivity index (χ3v) is 4.20. The van der Waals surface area contributed by atoms with Crippen LogP contribution in [0, 0.1) is 0 Å². The van der Waals surface area contributed by atoms with Crippen LogP contribution in [0.25, 0.3) is 0 Å². The van der Waals surface area contributed by atoms with Gasteiger partial charge in [-0.15, -0.1) is 0 Å². The Labute approximate surface area is 104 Å². The molecule has 0 saturated carbocycles. The fourth-order valence-electron chi connectivity index (χ4n) is 2.70. The molecular weight excluding hydrogens is 212 g/mol. The summed E-state index contributed by atoms with van der Waals surface area (Å²) in [4.78, 5) is 2.55. The van der Waals surface area contributed by atoms with Gasteiger partial charge in [0.05, 0.1) is 12.3 Å². The van der Waals surface area contributed by atoms with E-state index in [4.69, 9.17) is 4.42 Å². The first-order valence-corrected chi connectivity index (χ1v) is 6.65. The highest BCUT2D eigenvalue weighted by atomic mass is 16.3. The number of likely N-dealkylation sites (tertiary alicyclic amines) is 1. The zero-order chi connectivity index (χ0) is 12.3. The van der Waals surface area contributed by atoms with Gasteiger partial charge in [0, 0.05) is 18.6 Å². The van der Waals surface area contributed by atoms with Crippen LogP contribution >= 0.6 is 0 Å². The summed E-state index contributed by atoms with van der Waals surface area (Å²) in [6.07, 6.45) is 5.31. The van der Waals surface area contributed by atoms with Gasteiger partial charge in [0.2, 0.25) is 0 Å². The fraction of sp³-hybridized carbons (Fsp3) is 0.714. The second-order valence-corrected chi connectivity index (χ2v) is 5.29. The van der Waals surface area contributed by atoms with Crippen molar-refractivity contribution in [2.45, 2.75) is 44.7 Å². The fourth-order valence-corrected chi connectivity index (χ4v) is 2.70. The Morgan fingerprint density at radius 1 is 1.47 bits per heavy atom. The molecule has 3 nitrogen and oxygen atoms in total. The van der Waals surface area contributed by atoms with Gasteiger partial charge in [-0.2, -0.15) is 0 Å². The Morgan fingerprint density at radius 3 is 2.65 bits per heavy atom. The van der Waals surface area contributed by atoms with Crippen LogP contribution in [0.3, 0.4) is 0 Å². The maximum absolute atomic E-state index is 5.56. The molecule has 1 fully saturated rings. The third-order valence-electron chi connectivity index (χ3n) is 4.20. The zero-order valence-corrected chi connectivity index (χ0v) is 11.2. The van der Waals surface area contributed by atoms with Crippen molar-refractivity contribution in [2.75, 3.05) is 20.1 Å². The number of nitrogens with one attached hydrogen (secondary N) is 1. The summed E-state index contributed by atoms with van der Waals surface area (Å²) in [6, 6.07) is 4.53. The van der Waals surface area contributed by atoms with Crippen LogP contribution in [-0.4, -0.2) is 30.6 Å². The monoisotopic (exact) mass is 236 g/mol. The summed E-state index contributed by atoms with van der Waals surface area (Å²) < 4.78 is 5.56. The number of nitrogens with zero attached hydrogens (tertiary/aromatic N) is 1. The van der Waals surface area contributed by atoms with E-state index >= 15 is 0 Å². The summed E-state index contributed by atoms with van der Waals surface area (Å²) in [7, 11) is 2.07. The molecule has 1 saturated heterocycles. The lowest BCUT2D eigenvalue weighted by Gasteiger charge is -2.42. The van der Waals surface area contributed by atoms with Gasteiger partial charge < -0.3 is 9.73 Å². The standard InChI is InChI=1S/C14H24N2O/c1-4-12(13-6-5-11-17-13)16-9-7-14(2,15-3)8-10-16/h5-6,11-12,15H,4,7-10H2,1-3H3. The lowest BCUT2D eigenvalue weighted by Crippen LogP contribution is -2.50. The van der Waals surface area contributed by atoms with Crippen molar-refractivity contribution in [2.24, 2.45) is 0 Å². The minimum absolute atomic E-state index is 0.317. The van der Waals surface area contributed by atoms with Crippen molar-refractivity contribution in [3.05, 3.63) is 24.2 Å². The van der Waals surface area contributed by atoms with Gasteiger partial charge in [0.25, 0.3) is 0 Å². The topological polar surface area (TPSA) is 28.4 Å². The summed E-state index contributed by atoms with van der Waals surface area (Å²) in [6.45, 7) is 6.85. The highest BCUT2D eigenvalue weighted by molar-refractivity contribution is 5.05. The van der Waals surface area contributed by atoms with Gasteiger partial charge >= 0.3 is 0 Å². The van der Waals surface area contributed by atoms with E-state index in [1.807, 2.05) is 6.07 Å². The van der Waals surface area contributed by atoms with E-state index in [2.05, 4.69) is 37.2 Å². The van der Waals surface area contributed by atoms with Gasteiger partial charge in [-0.3, -0.25) is 4.90 Å². The van der Waals surface area contributed by atoms with E-state index in [1.165, 1.54) is 12.8 Å². The Morgan fingerprint density at radius 2 is 2.18 bits per heavy atom. The largest absolute Gasteiger partial charge is 0.468 e. The van der Waals surface area contributed by atoms with Crippen LogP contribution < -0.4 is 5.32 Å². The molecule has 1 aliphatic rings. The van der Waals surface area contributed by atoms with Crippen molar-refractivity contribution in [1.29, 1.82) is 0 Å². The van der Waals surface area contributed by atoms with E-state index in [0.29, 0.717) is 11.6 Å². The van der Waals surface area contributed by atoms with E-state index in [1.54, 1.807) is 6.26 Å². The minimum Gasteiger partial charge on any atom is -0.468 e. The van der Waals surface area contributed by atoms with Crippen LogP contribution in [0.1, 0.15) is 44.9 Å². The first kappa shape index (κ1) is 12.7.